The van der Waals surface area contributed by atoms with E-state index in [0.717, 1.165) is 11.3 Å². The molecule has 28 heavy (non-hydrogen) atoms. The Kier molecular flexibility index (Phi) is 8.16. The standard InChI is InChI=1S/C19H20N2O6S/c1-3-26-18(24)10-14-12-28-19(20-14)21-16(22)11-27-17(23)9-8-13-6-4-5-7-15(13)25-2/h4-9,12H,3,10-11H2,1-2H3,(H,20,21,22)/b9-8+. The van der Waals surface area contributed by atoms with Crippen molar-refractivity contribution >= 4 is 40.4 Å². The lowest BCUT2D eigenvalue weighted by molar-refractivity contribution is -0.142. The second-order valence-electron chi connectivity index (χ2n) is 5.36. The highest BCUT2D eigenvalue weighted by Gasteiger charge is 2.11. The number of ether oxygens (including phenoxy) is 3. The number of hydrogen-bond acceptors (Lipinski definition) is 8. The summed E-state index contributed by atoms with van der Waals surface area (Å²) >= 11 is 1.16. The molecule has 0 aliphatic carbocycles. The average Bonchev–Trinajstić information content (AvgIpc) is 3.11. The highest BCUT2D eigenvalue weighted by atomic mass is 32.1. The van der Waals surface area contributed by atoms with E-state index in [-0.39, 0.29) is 12.4 Å². The van der Waals surface area contributed by atoms with Gasteiger partial charge in [-0.05, 0) is 19.1 Å². The monoisotopic (exact) mass is 404 g/mol. The fourth-order valence-electron chi connectivity index (χ4n) is 2.11. The Hall–Kier alpha value is -3.20. The Bertz CT molecular complexity index is 862. The first-order valence-corrected chi connectivity index (χ1v) is 9.27. The normalized spacial score (nSPS) is 10.5. The van der Waals surface area contributed by atoms with E-state index >= 15 is 0 Å². The molecule has 0 saturated carbocycles. The maximum atomic E-state index is 11.9. The van der Waals surface area contributed by atoms with E-state index in [1.807, 2.05) is 12.1 Å². The van der Waals surface area contributed by atoms with Crippen molar-refractivity contribution in [2.45, 2.75) is 13.3 Å². The van der Waals surface area contributed by atoms with Gasteiger partial charge in [-0.25, -0.2) is 9.78 Å². The summed E-state index contributed by atoms with van der Waals surface area (Å²) in [5, 5.41) is 4.47. The minimum absolute atomic E-state index is 0.0307. The molecule has 1 heterocycles. The van der Waals surface area contributed by atoms with Crippen molar-refractivity contribution in [1.29, 1.82) is 0 Å². The van der Waals surface area contributed by atoms with Crippen LogP contribution in [0.25, 0.3) is 6.08 Å². The van der Waals surface area contributed by atoms with Crippen molar-refractivity contribution in [3.8, 4) is 5.75 Å². The van der Waals surface area contributed by atoms with Crippen LogP contribution in [0.1, 0.15) is 18.2 Å². The van der Waals surface area contributed by atoms with Gasteiger partial charge in [0, 0.05) is 17.0 Å². The summed E-state index contributed by atoms with van der Waals surface area (Å²) in [4.78, 5) is 39.2. The molecule has 0 radical (unpaired) electrons. The number of carbonyl (C=O) groups is 3. The van der Waals surface area contributed by atoms with Gasteiger partial charge in [-0.2, -0.15) is 0 Å². The number of amides is 1. The molecule has 9 heteroatoms. The van der Waals surface area contributed by atoms with Gasteiger partial charge in [-0.3, -0.25) is 14.9 Å². The molecule has 148 valence electrons. The summed E-state index contributed by atoms with van der Waals surface area (Å²) in [5.74, 6) is -0.965. The molecule has 0 unspecified atom stereocenters. The van der Waals surface area contributed by atoms with Crippen LogP contribution in [0.5, 0.6) is 5.75 Å². The summed E-state index contributed by atoms with van der Waals surface area (Å²) in [7, 11) is 1.53. The van der Waals surface area contributed by atoms with Gasteiger partial charge in [0.05, 0.1) is 25.8 Å². The minimum atomic E-state index is -0.664. The number of hydrogen-bond donors (Lipinski definition) is 1. The molecule has 0 fully saturated rings. The highest BCUT2D eigenvalue weighted by Crippen LogP contribution is 2.18. The van der Waals surface area contributed by atoms with E-state index in [4.69, 9.17) is 14.2 Å². The number of methoxy groups -OCH3 is 1. The number of carbonyl (C=O) groups excluding carboxylic acids is 3. The lowest BCUT2D eigenvalue weighted by Gasteiger charge is -2.04. The van der Waals surface area contributed by atoms with Crippen LogP contribution in [-0.2, 0) is 30.3 Å². The molecule has 0 atom stereocenters. The van der Waals surface area contributed by atoms with Gasteiger partial charge in [0.2, 0.25) is 0 Å². The lowest BCUT2D eigenvalue weighted by atomic mass is 10.2. The van der Waals surface area contributed by atoms with Crippen molar-refractivity contribution in [2.24, 2.45) is 0 Å². The second-order valence-corrected chi connectivity index (χ2v) is 6.22. The van der Waals surface area contributed by atoms with Crippen LogP contribution in [-0.4, -0.2) is 43.2 Å². The lowest BCUT2D eigenvalue weighted by Crippen LogP contribution is -2.20. The molecule has 0 spiro atoms. The smallest absolute Gasteiger partial charge is 0.331 e. The largest absolute Gasteiger partial charge is 0.496 e. The highest BCUT2D eigenvalue weighted by molar-refractivity contribution is 7.13. The Morgan fingerprint density at radius 2 is 2.00 bits per heavy atom. The Balaban J connectivity index is 1.79. The number of esters is 2. The third-order valence-electron chi connectivity index (χ3n) is 3.31. The van der Waals surface area contributed by atoms with Crippen LogP contribution in [0.4, 0.5) is 5.13 Å². The first-order chi connectivity index (χ1) is 13.5. The number of thiazole rings is 1. The maximum absolute atomic E-state index is 11.9. The molecular weight excluding hydrogens is 384 g/mol. The van der Waals surface area contributed by atoms with Gasteiger partial charge >= 0.3 is 11.9 Å². The number of anilines is 1. The van der Waals surface area contributed by atoms with Crippen molar-refractivity contribution < 1.29 is 28.6 Å². The predicted octanol–water partition coefficient (Wildman–Crippen LogP) is 2.45. The summed E-state index contributed by atoms with van der Waals surface area (Å²) in [6.45, 7) is 1.56. The van der Waals surface area contributed by atoms with Gasteiger partial charge in [0.1, 0.15) is 5.75 Å². The number of rotatable bonds is 9. The van der Waals surface area contributed by atoms with Crippen LogP contribution < -0.4 is 10.1 Å². The van der Waals surface area contributed by atoms with Gasteiger partial charge in [-0.1, -0.05) is 18.2 Å². The molecule has 1 N–H and O–H groups in total. The summed E-state index contributed by atoms with van der Waals surface area (Å²) in [5.41, 5.74) is 1.21. The fraction of sp³-hybridized carbons (Fsp3) is 0.263. The topological polar surface area (TPSA) is 104 Å². The molecular formula is C19H20N2O6S. The van der Waals surface area contributed by atoms with Crippen molar-refractivity contribution in [3.05, 3.63) is 47.0 Å². The summed E-state index contributed by atoms with van der Waals surface area (Å²) in [6, 6.07) is 7.18. The van der Waals surface area contributed by atoms with Gasteiger partial charge in [0.15, 0.2) is 11.7 Å². The molecule has 0 aliphatic rings. The van der Waals surface area contributed by atoms with Crippen LogP contribution in [0, 0.1) is 0 Å². The molecule has 2 aromatic rings. The molecule has 1 aromatic heterocycles. The van der Waals surface area contributed by atoms with E-state index < -0.39 is 18.5 Å². The summed E-state index contributed by atoms with van der Waals surface area (Å²) in [6.07, 6.45) is 2.79. The van der Waals surface area contributed by atoms with Crippen LogP contribution in [0.3, 0.4) is 0 Å². The Labute approximate surface area is 166 Å². The van der Waals surface area contributed by atoms with E-state index in [1.54, 1.807) is 30.5 Å². The SMILES string of the molecule is CCOC(=O)Cc1csc(NC(=O)COC(=O)/C=C/c2ccccc2OC)n1. The molecule has 1 aromatic carbocycles. The zero-order chi connectivity index (χ0) is 20.4. The fourth-order valence-corrected chi connectivity index (χ4v) is 2.83. The number of aromatic nitrogens is 1. The van der Waals surface area contributed by atoms with Crippen LogP contribution in [0.2, 0.25) is 0 Å². The zero-order valence-corrected chi connectivity index (χ0v) is 16.3. The second kappa shape index (κ2) is 10.8. The molecule has 0 bridgehead atoms. The molecule has 8 nitrogen and oxygen atoms in total. The summed E-state index contributed by atoms with van der Waals surface area (Å²) < 4.78 is 14.9. The van der Waals surface area contributed by atoms with E-state index in [2.05, 4.69) is 10.3 Å². The Morgan fingerprint density at radius 3 is 2.75 bits per heavy atom. The van der Waals surface area contributed by atoms with E-state index in [1.165, 1.54) is 13.2 Å². The third-order valence-corrected chi connectivity index (χ3v) is 4.12. The van der Waals surface area contributed by atoms with Crippen LogP contribution in [0.15, 0.2) is 35.7 Å². The minimum Gasteiger partial charge on any atom is -0.496 e. The van der Waals surface area contributed by atoms with Gasteiger partial charge < -0.3 is 14.2 Å². The number of benzene rings is 1. The number of para-hydroxylation sites is 1. The maximum Gasteiger partial charge on any atom is 0.331 e. The molecule has 1 amide bonds. The first-order valence-electron chi connectivity index (χ1n) is 8.39. The number of nitrogens with zero attached hydrogens (tertiary/aromatic N) is 1. The van der Waals surface area contributed by atoms with Crippen molar-refractivity contribution in [2.75, 3.05) is 25.6 Å². The predicted molar refractivity (Wildman–Crippen MR) is 104 cm³/mol. The third kappa shape index (κ3) is 6.84. The van der Waals surface area contributed by atoms with E-state index in [9.17, 15) is 14.4 Å². The van der Waals surface area contributed by atoms with Crippen LogP contribution >= 0.6 is 11.3 Å². The Morgan fingerprint density at radius 1 is 1.21 bits per heavy atom. The van der Waals surface area contributed by atoms with Gasteiger partial charge in [-0.15, -0.1) is 11.3 Å². The van der Waals surface area contributed by atoms with Crippen molar-refractivity contribution in [1.82, 2.24) is 4.98 Å². The average molecular weight is 404 g/mol. The molecule has 0 aliphatic heterocycles. The van der Waals surface area contributed by atoms with Crippen molar-refractivity contribution in [3.63, 3.8) is 0 Å². The van der Waals surface area contributed by atoms with Gasteiger partial charge in [0.25, 0.3) is 5.91 Å². The number of nitrogens with one attached hydrogen (secondary N) is 1. The molecule has 0 saturated heterocycles. The quantitative estimate of drug-likeness (QED) is 0.506. The first kappa shape index (κ1) is 21.1. The molecule has 2 rings (SSSR count). The van der Waals surface area contributed by atoms with E-state index in [0.29, 0.717) is 28.7 Å². The zero-order valence-electron chi connectivity index (χ0n) is 15.5.